The van der Waals surface area contributed by atoms with Crippen molar-refractivity contribution in [2.45, 2.75) is 47.0 Å². The number of allylic oxidation sites excluding steroid dienone is 2. The second-order valence-electron chi connectivity index (χ2n) is 13.8. The average molecular weight is 759 g/mol. The van der Waals surface area contributed by atoms with E-state index in [1.165, 1.54) is 77.2 Å². The first-order valence-corrected chi connectivity index (χ1v) is 32.6. The molecule has 0 bridgehead atoms. The van der Waals surface area contributed by atoms with Crippen LogP contribution in [0.25, 0.3) is 56.0 Å². The van der Waals surface area contributed by atoms with E-state index >= 15 is 0 Å². The zero-order valence-electron chi connectivity index (χ0n) is 28.0. The molecule has 4 heteroatoms. The molecule has 0 nitrogen and oxygen atoms in total. The van der Waals surface area contributed by atoms with E-state index in [2.05, 4.69) is 160 Å². The summed E-state index contributed by atoms with van der Waals surface area (Å²) in [7, 11) is 17.3. The summed E-state index contributed by atoms with van der Waals surface area (Å²) < 4.78 is 0.140. The van der Waals surface area contributed by atoms with Crippen LogP contribution < -0.4 is 0 Å². The van der Waals surface area contributed by atoms with E-state index in [1.807, 2.05) is 0 Å². The van der Waals surface area contributed by atoms with Crippen molar-refractivity contribution >= 4 is 56.2 Å². The summed E-state index contributed by atoms with van der Waals surface area (Å²) in [6, 6.07) is 44.5. The third kappa shape index (κ3) is 4.70. The molecule has 2 unspecified atom stereocenters. The molecule has 2 aliphatic rings. The standard InChI is InChI=1S/2C21H17.C2H6Si.2ClH.Zr/c2*1-2-15-13-17-9-6-12-20(21(17)14-15)19-11-5-8-16-7-3-4-10-18(16)19;1-3-2;;;/h2*3-14H,2H2,1H3;1-2H3;2*1H;/q;;;;;+2/p-2. The van der Waals surface area contributed by atoms with Crippen LogP contribution in [-0.4, -0.2) is 5.43 Å². The summed E-state index contributed by atoms with van der Waals surface area (Å²) in [5.74, 6) is 0. The predicted octanol–water partition coefficient (Wildman–Crippen LogP) is 14.0. The van der Waals surface area contributed by atoms with Gasteiger partial charge in [0.1, 0.15) is 0 Å². The van der Waals surface area contributed by atoms with E-state index in [0.717, 1.165) is 12.8 Å². The molecule has 0 radical (unpaired) electrons. The summed E-state index contributed by atoms with van der Waals surface area (Å²) in [5, 5.41) is 5.08. The van der Waals surface area contributed by atoms with Gasteiger partial charge in [0.05, 0.1) is 0 Å². The van der Waals surface area contributed by atoms with Crippen LogP contribution in [0.5, 0.6) is 0 Å². The van der Waals surface area contributed by atoms with Crippen LogP contribution in [-0.2, 0) is 15.0 Å². The van der Waals surface area contributed by atoms with Gasteiger partial charge in [-0.05, 0) is 0 Å². The van der Waals surface area contributed by atoms with E-state index in [0.29, 0.717) is 0 Å². The Hall–Kier alpha value is -3.00. The van der Waals surface area contributed by atoms with Gasteiger partial charge in [-0.1, -0.05) is 0 Å². The second-order valence-corrected chi connectivity index (χ2v) is 52.6. The molecule has 8 rings (SSSR count). The van der Waals surface area contributed by atoms with E-state index in [9.17, 15) is 0 Å². The van der Waals surface area contributed by atoms with Crippen LogP contribution in [0.1, 0.15) is 56.2 Å². The van der Waals surface area contributed by atoms with Crippen LogP contribution in [0.15, 0.2) is 132 Å². The van der Waals surface area contributed by atoms with Crippen molar-refractivity contribution in [2.24, 2.45) is 0 Å². The number of hydrogen-bond acceptors (Lipinski definition) is 0. The summed E-state index contributed by atoms with van der Waals surface area (Å²) in [6.45, 7) is 9.41. The molecule has 0 N–H and O–H groups in total. The fraction of sp³-hybridized carbons (Fsp3) is 0.182. The molecular formula is C44H40Cl2SiZr. The quantitative estimate of drug-likeness (QED) is 0.148. The molecule has 6 aromatic rings. The van der Waals surface area contributed by atoms with Crippen LogP contribution in [0.3, 0.4) is 0 Å². The van der Waals surface area contributed by atoms with Gasteiger partial charge in [0.25, 0.3) is 0 Å². The van der Waals surface area contributed by atoms with Gasteiger partial charge in [0.15, 0.2) is 0 Å². The third-order valence-corrected chi connectivity index (χ3v) is 57.8. The van der Waals surface area contributed by atoms with E-state index < -0.39 is 20.4 Å². The molecule has 2 aliphatic carbocycles. The van der Waals surface area contributed by atoms with Crippen molar-refractivity contribution < 1.29 is 15.0 Å². The predicted molar refractivity (Wildman–Crippen MR) is 210 cm³/mol. The molecule has 0 aromatic heterocycles. The maximum atomic E-state index is 8.67. The minimum absolute atomic E-state index is 0.0701. The van der Waals surface area contributed by atoms with E-state index in [-0.39, 0.29) is 7.25 Å². The molecule has 0 saturated carbocycles. The molecule has 238 valence electrons. The zero-order chi connectivity index (χ0) is 33.2. The maximum absolute atomic E-state index is 8.67. The number of hydrogen-bond donors (Lipinski definition) is 0. The molecule has 6 aromatic carbocycles. The third-order valence-electron chi connectivity index (χ3n) is 11.3. The van der Waals surface area contributed by atoms with Crippen molar-refractivity contribution in [3.8, 4) is 22.3 Å². The van der Waals surface area contributed by atoms with Crippen molar-refractivity contribution in [2.75, 3.05) is 0 Å². The first-order valence-electron chi connectivity index (χ1n) is 17.3. The van der Waals surface area contributed by atoms with E-state index in [4.69, 9.17) is 17.0 Å². The molecule has 0 saturated heterocycles. The Morgan fingerprint density at radius 3 is 1.29 bits per heavy atom. The van der Waals surface area contributed by atoms with Crippen LogP contribution in [0.2, 0.25) is 13.1 Å². The fourth-order valence-corrected chi connectivity index (χ4v) is 38.3. The normalized spacial score (nSPS) is 17.3. The number of halogens is 2. The molecule has 0 fully saturated rings. The van der Waals surface area contributed by atoms with Crippen molar-refractivity contribution in [3.63, 3.8) is 0 Å². The van der Waals surface area contributed by atoms with Gasteiger partial charge in [0, 0.05) is 0 Å². The minimum atomic E-state index is -4.88. The summed E-state index contributed by atoms with van der Waals surface area (Å²) in [6.07, 6.45) is 6.82. The number of benzene rings is 6. The van der Waals surface area contributed by atoms with Crippen LogP contribution in [0, 0.1) is 0 Å². The van der Waals surface area contributed by atoms with Crippen LogP contribution >= 0.6 is 17.0 Å². The van der Waals surface area contributed by atoms with Crippen molar-refractivity contribution in [1.82, 2.24) is 0 Å². The second kappa shape index (κ2) is 12.1. The van der Waals surface area contributed by atoms with E-state index in [1.54, 1.807) is 0 Å². The Morgan fingerprint density at radius 1 is 0.500 bits per heavy atom. The molecule has 0 amide bonds. The molecule has 2 atom stereocenters. The van der Waals surface area contributed by atoms with Gasteiger partial charge < -0.3 is 0 Å². The van der Waals surface area contributed by atoms with Crippen molar-refractivity contribution in [1.29, 1.82) is 0 Å². The molecular weight excluding hydrogens is 719 g/mol. The molecule has 0 heterocycles. The van der Waals surface area contributed by atoms with Gasteiger partial charge in [-0.25, -0.2) is 0 Å². The van der Waals surface area contributed by atoms with Crippen molar-refractivity contribution in [3.05, 3.63) is 155 Å². The van der Waals surface area contributed by atoms with Gasteiger partial charge in [-0.15, -0.1) is 0 Å². The Balaban J connectivity index is 1.36. The SMILES string of the molecule is CCC1=Cc2c(-c3cccc4ccccc34)cccc2[CH]1[Zr]([Cl])([Cl])([CH]1C(CC)=Cc2c(-c3cccc4ccccc34)cccc21)=[Si](C)C. The topological polar surface area (TPSA) is 0 Å². The summed E-state index contributed by atoms with van der Waals surface area (Å²) in [4.78, 5) is 0. The molecule has 0 aliphatic heterocycles. The van der Waals surface area contributed by atoms with Gasteiger partial charge in [-0.3, -0.25) is 0 Å². The molecule has 0 spiro atoms. The van der Waals surface area contributed by atoms with Gasteiger partial charge >= 0.3 is 295 Å². The first kappa shape index (κ1) is 32.2. The first-order chi connectivity index (χ1) is 23.3. The number of fused-ring (bicyclic) bond motifs is 4. The Bertz CT molecular complexity index is 2250. The Kier molecular flexibility index (Phi) is 8.12. The Morgan fingerprint density at radius 2 is 0.875 bits per heavy atom. The number of rotatable bonds is 6. The van der Waals surface area contributed by atoms with Gasteiger partial charge in [0.2, 0.25) is 0 Å². The molecule has 48 heavy (non-hydrogen) atoms. The zero-order valence-corrected chi connectivity index (χ0v) is 33.0. The summed E-state index contributed by atoms with van der Waals surface area (Å²) in [5.41, 5.74) is 12.1. The van der Waals surface area contributed by atoms with Gasteiger partial charge in [-0.2, -0.15) is 0 Å². The van der Waals surface area contributed by atoms with Crippen LogP contribution in [0.4, 0.5) is 0 Å². The Labute approximate surface area is 292 Å². The average Bonchev–Trinajstić information content (AvgIpc) is 3.71. The summed E-state index contributed by atoms with van der Waals surface area (Å²) >= 11 is -4.88. The monoisotopic (exact) mass is 756 g/mol. The fourth-order valence-electron chi connectivity index (χ4n) is 8.93.